The predicted molar refractivity (Wildman–Crippen MR) is 80.1 cm³/mol. The standard InChI is InChI=1S/C15H30OSi/c1-5-6-7-8-9-10-11-12-13-14-15(16)17(2,3)4/h5H,1,6-14H2,2-4H3. The summed E-state index contributed by atoms with van der Waals surface area (Å²) in [6, 6.07) is 0. The van der Waals surface area contributed by atoms with Gasteiger partial charge in [0.15, 0.2) is 0 Å². The fourth-order valence-corrected chi connectivity index (χ4v) is 2.76. The predicted octanol–water partition coefficient (Wildman–Crippen LogP) is 5.13. The molecule has 0 aliphatic carbocycles. The highest BCUT2D eigenvalue weighted by atomic mass is 28.3. The summed E-state index contributed by atoms with van der Waals surface area (Å²) in [6.07, 6.45) is 12.9. The number of rotatable bonds is 11. The van der Waals surface area contributed by atoms with Crippen LogP contribution in [-0.4, -0.2) is 13.5 Å². The van der Waals surface area contributed by atoms with E-state index in [0.29, 0.717) is 5.41 Å². The van der Waals surface area contributed by atoms with Crippen molar-refractivity contribution in [1.82, 2.24) is 0 Å². The van der Waals surface area contributed by atoms with Gasteiger partial charge in [-0.05, 0) is 19.3 Å². The normalized spacial score (nSPS) is 11.5. The fraction of sp³-hybridized carbons (Fsp3) is 0.800. The highest BCUT2D eigenvalue weighted by Crippen LogP contribution is 2.12. The molecule has 0 rings (SSSR count). The van der Waals surface area contributed by atoms with Crippen LogP contribution in [0.4, 0.5) is 0 Å². The van der Waals surface area contributed by atoms with Crippen molar-refractivity contribution in [1.29, 1.82) is 0 Å². The Kier molecular flexibility index (Phi) is 9.42. The van der Waals surface area contributed by atoms with Crippen LogP contribution in [0.3, 0.4) is 0 Å². The van der Waals surface area contributed by atoms with Gasteiger partial charge >= 0.3 is 0 Å². The highest BCUT2D eigenvalue weighted by Gasteiger charge is 2.22. The Morgan fingerprint density at radius 2 is 1.41 bits per heavy atom. The Labute approximate surface area is 109 Å². The number of hydrogen-bond donors (Lipinski definition) is 0. The molecule has 0 aromatic heterocycles. The smallest absolute Gasteiger partial charge is 0.123 e. The molecule has 0 radical (unpaired) electrons. The van der Waals surface area contributed by atoms with Crippen LogP contribution in [-0.2, 0) is 4.79 Å². The van der Waals surface area contributed by atoms with Gasteiger partial charge in [-0.1, -0.05) is 57.8 Å². The molecule has 0 unspecified atom stereocenters. The van der Waals surface area contributed by atoms with Crippen LogP contribution in [0, 0.1) is 0 Å². The lowest BCUT2D eigenvalue weighted by molar-refractivity contribution is -0.112. The maximum atomic E-state index is 11.7. The third-order valence-corrected chi connectivity index (χ3v) is 5.07. The van der Waals surface area contributed by atoms with Gasteiger partial charge in [-0.15, -0.1) is 6.58 Å². The SMILES string of the molecule is C=CCCCCCCCCCC(=O)[Si](C)(C)C. The largest absolute Gasteiger partial charge is 0.305 e. The van der Waals surface area contributed by atoms with E-state index in [4.69, 9.17) is 0 Å². The Balaban J connectivity index is 3.24. The van der Waals surface area contributed by atoms with Crippen molar-refractivity contribution in [2.45, 2.75) is 77.4 Å². The molecule has 0 aliphatic heterocycles. The van der Waals surface area contributed by atoms with Gasteiger partial charge in [0.1, 0.15) is 13.5 Å². The zero-order chi connectivity index (χ0) is 13.1. The number of carbonyl (C=O) groups excluding carboxylic acids is 1. The van der Waals surface area contributed by atoms with Crippen LogP contribution in [0.15, 0.2) is 12.7 Å². The summed E-state index contributed by atoms with van der Waals surface area (Å²) in [5.74, 6) is 0. The first-order chi connectivity index (χ1) is 7.98. The van der Waals surface area contributed by atoms with Crippen LogP contribution in [0.25, 0.3) is 0 Å². The molecule has 1 nitrogen and oxygen atoms in total. The maximum absolute atomic E-state index is 11.7. The molecular formula is C15H30OSi. The average Bonchev–Trinajstić information content (AvgIpc) is 2.25. The van der Waals surface area contributed by atoms with Crippen molar-refractivity contribution in [3.8, 4) is 0 Å². The summed E-state index contributed by atoms with van der Waals surface area (Å²) in [5.41, 5.74) is 0. The van der Waals surface area contributed by atoms with Gasteiger partial charge in [-0.25, -0.2) is 0 Å². The van der Waals surface area contributed by atoms with Crippen molar-refractivity contribution in [2.24, 2.45) is 0 Å². The van der Waals surface area contributed by atoms with E-state index in [9.17, 15) is 4.79 Å². The van der Waals surface area contributed by atoms with Crippen LogP contribution in [0.2, 0.25) is 19.6 Å². The molecule has 0 heterocycles. The summed E-state index contributed by atoms with van der Waals surface area (Å²) in [4.78, 5) is 11.7. The second kappa shape index (κ2) is 9.64. The molecular weight excluding hydrogens is 224 g/mol. The molecule has 0 fully saturated rings. The van der Waals surface area contributed by atoms with Crippen molar-refractivity contribution < 1.29 is 4.79 Å². The summed E-state index contributed by atoms with van der Waals surface area (Å²) in [6.45, 7) is 10.2. The lowest BCUT2D eigenvalue weighted by Gasteiger charge is -2.13. The first-order valence-corrected chi connectivity index (χ1v) is 10.6. The Morgan fingerprint density at radius 1 is 0.941 bits per heavy atom. The first kappa shape index (κ1) is 16.6. The van der Waals surface area contributed by atoms with E-state index in [2.05, 4.69) is 26.2 Å². The summed E-state index contributed by atoms with van der Waals surface area (Å²) < 4.78 is 0. The number of unbranched alkanes of at least 4 members (excludes halogenated alkanes) is 7. The highest BCUT2D eigenvalue weighted by molar-refractivity contribution is 7.03. The molecule has 100 valence electrons. The van der Waals surface area contributed by atoms with E-state index in [0.717, 1.165) is 19.3 Å². The lowest BCUT2D eigenvalue weighted by atomic mass is 10.1. The van der Waals surface area contributed by atoms with Gasteiger partial charge in [-0.3, -0.25) is 0 Å². The van der Waals surface area contributed by atoms with Crippen molar-refractivity contribution >= 4 is 13.5 Å². The minimum Gasteiger partial charge on any atom is -0.305 e. The van der Waals surface area contributed by atoms with Crippen molar-refractivity contribution in [2.75, 3.05) is 0 Å². The van der Waals surface area contributed by atoms with Gasteiger partial charge in [0, 0.05) is 6.42 Å². The van der Waals surface area contributed by atoms with Gasteiger partial charge in [0.05, 0.1) is 0 Å². The molecule has 17 heavy (non-hydrogen) atoms. The Morgan fingerprint density at radius 3 is 1.88 bits per heavy atom. The second-order valence-corrected chi connectivity index (χ2v) is 11.0. The quantitative estimate of drug-likeness (QED) is 0.284. The lowest BCUT2D eigenvalue weighted by Crippen LogP contribution is -2.32. The van der Waals surface area contributed by atoms with Crippen molar-refractivity contribution in [3.05, 3.63) is 12.7 Å². The zero-order valence-corrected chi connectivity index (χ0v) is 13.1. The molecule has 2 heteroatoms. The van der Waals surface area contributed by atoms with Gasteiger partial charge in [-0.2, -0.15) is 0 Å². The van der Waals surface area contributed by atoms with Gasteiger partial charge in [0.2, 0.25) is 0 Å². The van der Waals surface area contributed by atoms with E-state index in [1.807, 2.05) is 6.08 Å². The third kappa shape index (κ3) is 10.5. The molecule has 0 aromatic rings. The van der Waals surface area contributed by atoms with E-state index in [1.165, 1.54) is 38.5 Å². The molecule has 0 saturated heterocycles. The summed E-state index contributed by atoms with van der Waals surface area (Å²) in [7, 11) is -1.50. The first-order valence-electron chi connectivity index (χ1n) is 7.12. The van der Waals surface area contributed by atoms with Gasteiger partial charge < -0.3 is 4.79 Å². The molecule has 0 aliphatic rings. The molecule has 0 atom stereocenters. The molecule has 0 saturated carbocycles. The van der Waals surface area contributed by atoms with Crippen LogP contribution in [0.5, 0.6) is 0 Å². The molecule has 0 bridgehead atoms. The summed E-state index contributed by atoms with van der Waals surface area (Å²) >= 11 is 0. The second-order valence-electron chi connectivity index (χ2n) is 5.98. The van der Waals surface area contributed by atoms with Crippen molar-refractivity contribution in [3.63, 3.8) is 0 Å². The number of hydrogen-bond acceptors (Lipinski definition) is 1. The molecule has 0 aromatic carbocycles. The Hall–Kier alpha value is -0.373. The molecule has 0 N–H and O–H groups in total. The fourth-order valence-electron chi connectivity index (χ4n) is 1.83. The summed E-state index contributed by atoms with van der Waals surface area (Å²) in [5, 5.41) is 0.545. The monoisotopic (exact) mass is 254 g/mol. The topological polar surface area (TPSA) is 17.1 Å². The molecule has 0 amide bonds. The average molecular weight is 254 g/mol. The Bertz CT molecular complexity index is 215. The number of carbonyl (C=O) groups is 1. The van der Waals surface area contributed by atoms with E-state index in [-0.39, 0.29) is 0 Å². The van der Waals surface area contributed by atoms with Crippen LogP contribution >= 0.6 is 0 Å². The van der Waals surface area contributed by atoms with E-state index in [1.54, 1.807) is 0 Å². The van der Waals surface area contributed by atoms with E-state index < -0.39 is 8.07 Å². The minimum absolute atomic E-state index is 0.545. The minimum atomic E-state index is -1.50. The number of allylic oxidation sites excluding steroid dienone is 1. The maximum Gasteiger partial charge on any atom is 0.123 e. The van der Waals surface area contributed by atoms with E-state index >= 15 is 0 Å². The molecule has 0 spiro atoms. The van der Waals surface area contributed by atoms with Gasteiger partial charge in [0.25, 0.3) is 0 Å². The third-order valence-electron chi connectivity index (χ3n) is 3.15. The van der Waals surface area contributed by atoms with Crippen LogP contribution < -0.4 is 0 Å². The van der Waals surface area contributed by atoms with Crippen LogP contribution in [0.1, 0.15) is 57.8 Å². The zero-order valence-electron chi connectivity index (χ0n) is 12.1.